The second-order valence-electron chi connectivity index (χ2n) is 21.5. The van der Waals surface area contributed by atoms with Crippen LogP contribution < -0.4 is 27.3 Å². The molecule has 1 aliphatic carbocycles. The van der Waals surface area contributed by atoms with Crippen LogP contribution in [0.2, 0.25) is 0 Å². The number of methoxy groups -OCH3 is 1. The highest BCUT2D eigenvalue weighted by molar-refractivity contribution is 6.21. The number of esters is 1. The molecule has 8 N–H and O–H groups in total. The van der Waals surface area contributed by atoms with Gasteiger partial charge in [-0.05, 0) is 87.9 Å². The number of carbonyl (C=O) groups is 4. The topological polar surface area (TPSA) is 265 Å². The summed E-state index contributed by atoms with van der Waals surface area (Å²) in [5.41, 5.74) is 21.4. The highest BCUT2D eigenvalue weighted by Gasteiger charge is 2.48. The third-order valence-electron chi connectivity index (χ3n) is 14.8. The Kier molecular flexibility index (Phi) is 21.4. The van der Waals surface area contributed by atoms with Gasteiger partial charge in [-0.25, -0.2) is 9.59 Å². The summed E-state index contributed by atoms with van der Waals surface area (Å²) in [6, 6.07) is 32.4. The Hall–Kier alpha value is -5.84. The van der Waals surface area contributed by atoms with Crippen LogP contribution in [0.5, 0.6) is 5.75 Å². The molecule has 14 atom stereocenters. The second-order valence-corrected chi connectivity index (χ2v) is 21.5. The zero-order chi connectivity index (χ0) is 56.1. The van der Waals surface area contributed by atoms with Gasteiger partial charge in [0.15, 0.2) is 6.29 Å². The van der Waals surface area contributed by atoms with Gasteiger partial charge < -0.3 is 70.3 Å². The Labute approximate surface area is 457 Å². The lowest BCUT2D eigenvalue weighted by molar-refractivity contribution is -0.320. The van der Waals surface area contributed by atoms with Crippen molar-refractivity contribution in [2.24, 2.45) is 35.0 Å². The minimum absolute atomic E-state index is 0.0216. The lowest BCUT2D eigenvalue weighted by atomic mass is 9.82. The van der Waals surface area contributed by atoms with Gasteiger partial charge >= 0.3 is 12.1 Å². The molecule has 5 unspecified atom stereocenters. The normalized spacial score (nSPS) is 29.6. The molecule has 0 radical (unpaired) electrons. The van der Waals surface area contributed by atoms with Gasteiger partial charge in [-0.2, -0.15) is 0 Å². The Morgan fingerprint density at radius 3 is 2.06 bits per heavy atom. The number of hydrogen-bond acceptors (Lipinski definition) is 17. The van der Waals surface area contributed by atoms with Crippen LogP contribution in [0, 0.1) is 17.8 Å². The average Bonchev–Trinajstić information content (AvgIpc) is 3.74. The number of nitrogens with one attached hydrogen (secondary N) is 1. The number of ether oxygens (including phenoxy) is 9. The fourth-order valence-corrected chi connectivity index (χ4v) is 10.1. The molecule has 3 amide bonds. The number of hydrogen-bond donors (Lipinski definition) is 5. The van der Waals surface area contributed by atoms with Crippen LogP contribution in [0.25, 0.3) is 0 Å². The highest BCUT2D eigenvalue weighted by Crippen LogP contribution is 2.37. The van der Waals surface area contributed by atoms with Gasteiger partial charge in [-0.15, -0.1) is 0 Å². The van der Waals surface area contributed by atoms with Gasteiger partial charge in [-0.3, -0.25) is 14.5 Å². The maximum atomic E-state index is 12.8. The van der Waals surface area contributed by atoms with Crippen molar-refractivity contribution in [2.45, 2.75) is 140 Å². The molecule has 4 heterocycles. The van der Waals surface area contributed by atoms with Crippen LogP contribution in [0.1, 0.15) is 109 Å². The third-order valence-corrected chi connectivity index (χ3v) is 14.8. The minimum atomic E-state index is -0.679. The largest absolute Gasteiger partial charge is 0.497 e. The third kappa shape index (κ3) is 15.5. The second kappa shape index (κ2) is 27.8. The fraction of sp³-hybridized carbons (Fsp3) is 0.525. The van der Waals surface area contributed by atoms with Crippen LogP contribution in [0.15, 0.2) is 109 Å². The standard InChI is InChI=1S/C23H26N2O5.C22H34N2O6.C14H19NO3/c1-14-19(25-22(26)17-5-3-4-6-18(17)23(25)27)12-30-20(21(14)24)13-29-11-15-7-9-16(28-2)10-8-15;1-14-17-16(13-27-20(29-17)15-9-6-5-7-10-15)28-19(23)18(14)26-12-8-11-24-21(25)30-22(2,3)4;1-9-11(15)7-8-12(13(9)16)18-14(17)10-5-3-2-4-6-10/h3-10,14,19-21H,11-13,24H2,1-2H3;5-7,9-10,14,16-20H,8,11-13,23H2,1-4H3,(H,24,25);2-6,9,11-13,16H,7-8,15H2,1H3/t14-,19?,20?,21-;14-,16?,17+,18?,19+,20?;9-,11+,12+,13+/m100/s1. The van der Waals surface area contributed by atoms with Crippen molar-refractivity contribution in [3.05, 3.63) is 137 Å². The number of alkyl carbamates (subject to hydrolysis) is 1. The predicted octanol–water partition coefficient (Wildman–Crippen LogP) is 6.29. The molecule has 4 aromatic rings. The number of fused-ring (bicyclic) bond motifs is 2. The van der Waals surface area contributed by atoms with E-state index in [1.165, 1.54) is 4.90 Å². The quantitative estimate of drug-likeness (QED) is 0.0528. The van der Waals surface area contributed by atoms with E-state index in [1.54, 1.807) is 55.6 Å². The first-order chi connectivity index (χ1) is 37.3. The Bertz CT molecular complexity index is 2520. The Morgan fingerprint density at radius 2 is 1.42 bits per heavy atom. The number of carbonyl (C=O) groups excluding carboxylic acids is 4. The summed E-state index contributed by atoms with van der Waals surface area (Å²) >= 11 is 0. The summed E-state index contributed by atoms with van der Waals surface area (Å²) in [4.78, 5) is 50.5. The smallest absolute Gasteiger partial charge is 0.407 e. The molecule has 19 heteroatoms. The molecular formula is C59H79N5O14. The minimum Gasteiger partial charge on any atom is -0.497 e. The number of rotatable bonds is 14. The molecule has 4 aliphatic heterocycles. The van der Waals surface area contributed by atoms with Crippen LogP contribution in [0.4, 0.5) is 4.79 Å². The van der Waals surface area contributed by atoms with Gasteiger partial charge in [0.25, 0.3) is 11.8 Å². The van der Waals surface area contributed by atoms with Crippen LogP contribution in [0.3, 0.4) is 0 Å². The molecule has 78 heavy (non-hydrogen) atoms. The van der Waals surface area contributed by atoms with Crippen molar-refractivity contribution < 1.29 is 66.9 Å². The van der Waals surface area contributed by atoms with Crippen molar-refractivity contribution in [2.75, 3.05) is 40.1 Å². The van der Waals surface area contributed by atoms with E-state index in [2.05, 4.69) is 12.2 Å². The number of nitrogens with zero attached hydrogens (tertiary/aromatic N) is 1. The summed E-state index contributed by atoms with van der Waals surface area (Å²) < 4.78 is 51.5. The fourth-order valence-electron chi connectivity index (χ4n) is 10.1. The molecule has 0 bridgehead atoms. The van der Waals surface area contributed by atoms with Crippen molar-refractivity contribution in [1.29, 1.82) is 0 Å². The highest BCUT2D eigenvalue weighted by atomic mass is 16.7. The summed E-state index contributed by atoms with van der Waals surface area (Å²) in [6.07, 6.45) is -1.51. The molecule has 424 valence electrons. The van der Waals surface area contributed by atoms with Crippen LogP contribution in [-0.4, -0.2) is 141 Å². The van der Waals surface area contributed by atoms with Crippen molar-refractivity contribution in [1.82, 2.24) is 10.2 Å². The van der Waals surface area contributed by atoms with Gasteiger partial charge in [0.1, 0.15) is 35.9 Å². The molecule has 5 aliphatic rings. The lowest BCUT2D eigenvalue weighted by Gasteiger charge is -2.47. The molecule has 9 rings (SSSR count). The zero-order valence-electron chi connectivity index (χ0n) is 45.8. The van der Waals surface area contributed by atoms with E-state index in [4.69, 9.17) is 59.8 Å². The van der Waals surface area contributed by atoms with Gasteiger partial charge in [-0.1, -0.05) is 93.6 Å². The number of amides is 3. The first kappa shape index (κ1) is 59.8. The Morgan fingerprint density at radius 1 is 0.782 bits per heavy atom. The molecule has 4 fully saturated rings. The number of benzene rings is 4. The molecule has 0 aromatic heterocycles. The molecule has 1 saturated carbocycles. The number of imide groups is 1. The van der Waals surface area contributed by atoms with Gasteiger partial charge in [0, 0.05) is 42.6 Å². The molecular weight excluding hydrogens is 1000 g/mol. The lowest BCUT2D eigenvalue weighted by Crippen LogP contribution is -2.61. The summed E-state index contributed by atoms with van der Waals surface area (Å²) in [5.74, 6) is -0.280. The van der Waals surface area contributed by atoms with E-state index in [0.717, 1.165) is 23.3 Å². The maximum absolute atomic E-state index is 12.8. The number of aliphatic hydroxyl groups excluding tert-OH is 1. The predicted molar refractivity (Wildman–Crippen MR) is 289 cm³/mol. The average molecular weight is 1080 g/mol. The van der Waals surface area contributed by atoms with Crippen molar-refractivity contribution in [3.63, 3.8) is 0 Å². The van der Waals surface area contributed by atoms with Crippen LogP contribution in [-0.2, 0) is 44.5 Å². The first-order valence-corrected chi connectivity index (χ1v) is 26.9. The zero-order valence-corrected chi connectivity index (χ0v) is 45.8. The Balaban J connectivity index is 0.000000175. The molecule has 4 aromatic carbocycles. The van der Waals surface area contributed by atoms with Gasteiger partial charge in [0.2, 0.25) is 0 Å². The number of nitrogens with two attached hydrogens (primary N) is 3. The summed E-state index contributed by atoms with van der Waals surface area (Å²) in [6.45, 7) is 13.7. The van der Waals surface area contributed by atoms with E-state index >= 15 is 0 Å². The van der Waals surface area contributed by atoms with Crippen molar-refractivity contribution >= 4 is 23.9 Å². The van der Waals surface area contributed by atoms with E-state index in [-0.39, 0.29) is 78.6 Å². The molecule has 19 nitrogen and oxygen atoms in total. The SMILES string of the molecule is COc1ccc(COCC2OCC(N3C(=O)c4ccccc4C3=O)[C@@H](C)[C@H]2N)cc1.C[C@@H]1C(OCCCNC(=O)OC(C)(C)C)[C@H](N)OC2COC(c3ccccc3)O[C@@H]21.C[C@@H]1[C@@H](O)[C@H](OC(=O)c2ccccc2)CC[C@H]1N. The summed E-state index contributed by atoms with van der Waals surface area (Å²) in [5, 5.41) is 12.8. The van der Waals surface area contributed by atoms with E-state index in [9.17, 15) is 24.3 Å². The number of aliphatic hydroxyl groups is 1. The molecule has 3 saturated heterocycles. The maximum Gasteiger partial charge on any atom is 0.407 e. The summed E-state index contributed by atoms with van der Waals surface area (Å²) in [7, 11) is 1.63. The van der Waals surface area contributed by atoms with Crippen molar-refractivity contribution in [3.8, 4) is 5.75 Å². The van der Waals surface area contributed by atoms with E-state index in [0.29, 0.717) is 62.5 Å². The van der Waals surface area contributed by atoms with Gasteiger partial charge in [0.05, 0.1) is 74.6 Å². The monoisotopic (exact) mass is 1080 g/mol. The molecule has 0 spiro atoms. The van der Waals surface area contributed by atoms with E-state index in [1.807, 2.05) is 95.3 Å². The van der Waals surface area contributed by atoms with Crippen LogP contribution >= 0.6 is 0 Å². The first-order valence-electron chi connectivity index (χ1n) is 26.9. The van der Waals surface area contributed by atoms with E-state index < -0.39 is 42.5 Å².